The van der Waals surface area contributed by atoms with Crippen LogP contribution in [-0.2, 0) is 5.04 Å². The van der Waals surface area contributed by atoms with Gasteiger partial charge in [-0.1, -0.05) is 79.3 Å². The van der Waals surface area contributed by atoms with Gasteiger partial charge in [-0.15, -0.1) is 0 Å². The molecule has 21 heavy (non-hydrogen) atoms. The molecule has 0 bridgehead atoms. The van der Waals surface area contributed by atoms with Crippen LogP contribution in [0.25, 0.3) is 0 Å². The lowest BCUT2D eigenvalue weighted by Crippen LogP contribution is -2.59. The molecule has 1 N–H and O–H groups in total. The Labute approximate surface area is 133 Å². The summed E-state index contributed by atoms with van der Waals surface area (Å²) in [5, 5.41) is 11.8. The third-order valence-electron chi connectivity index (χ3n) is 4.97. The molecule has 0 radical (unpaired) electrons. The molecule has 1 nitrogen and oxygen atoms in total. The Bertz CT molecular complexity index is 580. The van der Waals surface area contributed by atoms with Gasteiger partial charge < -0.3 is 5.11 Å². The fourth-order valence-corrected chi connectivity index (χ4v) is 6.45. The number of aliphatic hydroxyl groups excluding tert-OH is 1. The molecular formula is C18H23ClOSi. The summed E-state index contributed by atoms with van der Waals surface area (Å²) in [6, 6.07) is 18.8. The van der Waals surface area contributed by atoms with E-state index in [0.717, 1.165) is 11.4 Å². The number of benzene rings is 2. The zero-order chi connectivity index (χ0) is 15.5. The molecule has 0 unspecified atom stereocenters. The van der Waals surface area contributed by atoms with E-state index in [1.54, 1.807) is 0 Å². The smallest absolute Gasteiger partial charge is 0.0908 e. The van der Waals surface area contributed by atoms with Crippen molar-refractivity contribution in [2.75, 3.05) is 6.61 Å². The molecule has 3 heteroatoms. The van der Waals surface area contributed by atoms with Gasteiger partial charge in [-0.2, -0.15) is 0 Å². The minimum absolute atomic E-state index is 0.0340. The first-order valence-electron chi connectivity index (χ1n) is 7.34. The number of hydrogen-bond donors (Lipinski definition) is 1. The second-order valence-corrected chi connectivity index (χ2v) is 11.7. The van der Waals surface area contributed by atoms with Crippen LogP contribution in [0, 0.1) is 0 Å². The minimum atomic E-state index is -1.82. The number of hydrogen-bond acceptors (Lipinski definition) is 1. The molecule has 0 spiro atoms. The molecule has 112 valence electrons. The molecule has 0 aromatic heterocycles. The first-order valence-corrected chi connectivity index (χ1v) is 10.7. The fourth-order valence-electron chi connectivity index (χ4n) is 3.03. The molecule has 1 atom stereocenters. The second-order valence-electron chi connectivity index (χ2n) is 6.30. The molecular weight excluding hydrogens is 296 g/mol. The van der Waals surface area contributed by atoms with Crippen LogP contribution in [0.1, 0.15) is 18.9 Å². The molecule has 0 saturated carbocycles. The predicted octanol–water partition coefficient (Wildman–Crippen LogP) is 4.13. The zero-order valence-corrected chi connectivity index (χ0v) is 14.7. The largest absolute Gasteiger partial charge is 0.396 e. The summed E-state index contributed by atoms with van der Waals surface area (Å²) in [6.45, 7) is 7.24. The predicted molar refractivity (Wildman–Crippen MR) is 94.1 cm³/mol. The Kier molecular flexibility index (Phi) is 4.92. The first-order chi connectivity index (χ1) is 9.91. The van der Waals surface area contributed by atoms with Gasteiger partial charge in [0.25, 0.3) is 0 Å². The lowest BCUT2D eigenvalue weighted by atomic mass is 9.97. The van der Waals surface area contributed by atoms with Crippen LogP contribution in [-0.4, -0.2) is 19.8 Å². The van der Waals surface area contributed by atoms with Gasteiger partial charge in [0.1, 0.15) is 0 Å². The Morgan fingerprint density at radius 1 is 1.00 bits per heavy atom. The third kappa shape index (κ3) is 3.08. The van der Waals surface area contributed by atoms with Crippen molar-refractivity contribution in [2.45, 2.75) is 31.5 Å². The van der Waals surface area contributed by atoms with Gasteiger partial charge in [0.2, 0.25) is 0 Å². The Morgan fingerprint density at radius 3 is 2.10 bits per heavy atom. The summed E-state index contributed by atoms with van der Waals surface area (Å²) in [7, 11) is -1.82. The van der Waals surface area contributed by atoms with Crippen molar-refractivity contribution in [3.63, 3.8) is 0 Å². The summed E-state index contributed by atoms with van der Waals surface area (Å²) in [5.41, 5.74) is 1.27. The zero-order valence-electron chi connectivity index (χ0n) is 12.9. The van der Waals surface area contributed by atoms with E-state index >= 15 is 0 Å². The fraction of sp³-hybridized carbons (Fsp3) is 0.333. The topological polar surface area (TPSA) is 20.2 Å². The number of halogens is 1. The molecule has 0 aliphatic rings. The van der Waals surface area contributed by atoms with Crippen molar-refractivity contribution in [3.05, 3.63) is 65.2 Å². The standard InChI is InChI=1S/C18H23ClOSi/c1-18(13-14-20,15-9-11-16(19)12-10-15)21(2,3)17-7-5-4-6-8-17/h4-12,20H,13-14H2,1-3H3/t18-/m0/s1. The van der Waals surface area contributed by atoms with Gasteiger partial charge in [0.15, 0.2) is 0 Å². The summed E-state index contributed by atoms with van der Waals surface area (Å²) >= 11 is 6.03. The van der Waals surface area contributed by atoms with Gasteiger partial charge in [-0.25, -0.2) is 0 Å². The maximum Gasteiger partial charge on any atom is 0.0908 e. The van der Waals surface area contributed by atoms with Crippen LogP contribution in [0.3, 0.4) is 0 Å². The van der Waals surface area contributed by atoms with Crippen molar-refractivity contribution in [1.29, 1.82) is 0 Å². The van der Waals surface area contributed by atoms with Crippen molar-refractivity contribution in [1.82, 2.24) is 0 Å². The normalized spacial score (nSPS) is 14.7. The summed E-state index contributed by atoms with van der Waals surface area (Å²) < 4.78 is 0. The maximum atomic E-state index is 9.62. The molecule has 0 heterocycles. The van der Waals surface area contributed by atoms with Gasteiger partial charge in [-0.3, -0.25) is 0 Å². The van der Waals surface area contributed by atoms with Crippen LogP contribution in [0.5, 0.6) is 0 Å². The highest BCUT2D eigenvalue weighted by Crippen LogP contribution is 2.37. The van der Waals surface area contributed by atoms with E-state index < -0.39 is 8.07 Å². The lowest BCUT2D eigenvalue weighted by molar-refractivity contribution is 0.268. The highest BCUT2D eigenvalue weighted by atomic mass is 35.5. The van der Waals surface area contributed by atoms with E-state index in [1.165, 1.54) is 10.8 Å². The second kappa shape index (κ2) is 6.35. The lowest BCUT2D eigenvalue weighted by Gasteiger charge is -2.44. The molecule has 0 aliphatic heterocycles. The van der Waals surface area contributed by atoms with E-state index in [0.29, 0.717) is 0 Å². The van der Waals surface area contributed by atoms with Crippen LogP contribution >= 0.6 is 11.6 Å². The number of aliphatic hydroxyl groups is 1. The van der Waals surface area contributed by atoms with E-state index in [2.05, 4.69) is 62.5 Å². The van der Waals surface area contributed by atoms with Crippen LogP contribution < -0.4 is 5.19 Å². The van der Waals surface area contributed by atoms with Gasteiger partial charge in [-0.05, 0) is 29.2 Å². The van der Waals surface area contributed by atoms with Crippen molar-refractivity contribution < 1.29 is 5.11 Å². The molecule has 0 fully saturated rings. The molecule has 0 aliphatic carbocycles. The summed E-state index contributed by atoms with van der Waals surface area (Å²) in [5.74, 6) is 0. The van der Waals surface area contributed by atoms with E-state index in [9.17, 15) is 5.11 Å². The van der Waals surface area contributed by atoms with Crippen molar-refractivity contribution in [3.8, 4) is 0 Å². The molecule has 0 amide bonds. The Morgan fingerprint density at radius 2 is 1.57 bits per heavy atom. The monoisotopic (exact) mass is 318 g/mol. The minimum Gasteiger partial charge on any atom is -0.396 e. The highest BCUT2D eigenvalue weighted by Gasteiger charge is 2.44. The van der Waals surface area contributed by atoms with E-state index in [4.69, 9.17) is 11.6 Å². The Hall–Kier alpha value is -1.09. The van der Waals surface area contributed by atoms with Gasteiger partial charge in [0, 0.05) is 11.6 Å². The summed E-state index contributed by atoms with van der Waals surface area (Å²) in [4.78, 5) is 0. The van der Waals surface area contributed by atoms with Gasteiger partial charge in [0.05, 0.1) is 8.07 Å². The SMILES string of the molecule is C[C@](CCO)(c1ccc(Cl)cc1)[Si](C)(C)c1ccccc1. The van der Waals surface area contributed by atoms with Crippen molar-refractivity contribution in [2.24, 2.45) is 0 Å². The van der Waals surface area contributed by atoms with Crippen LogP contribution in [0.2, 0.25) is 18.1 Å². The quantitative estimate of drug-likeness (QED) is 0.822. The highest BCUT2D eigenvalue weighted by molar-refractivity contribution is 6.92. The van der Waals surface area contributed by atoms with E-state index in [-0.39, 0.29) is 11.6 Å². The van der Waals surface area contributed by atoms with Crippen LogP contribution in [0.4, 0.5) is 0 Å². The van der Waals surface area contributed by atoms with E-state index in [1.807, 2.05) is 12.1 Å². The molecule has 2 aromatic carbocycles. The third-order valence-corrected chi connectivity index (χ3v) is 10.3. The average molecular weight is 319 g/mol. The first kappa shape index (κ1) is 16.3. The van der Waals surface area contributed by atoms with Gasteiger partial charge >= 0.3 is 0 Å². The molecule has 0 saturated heterocycles. The molecule has 2 aromatic rings. The summed E-state index contributed by atoms with van der Waals surface area (Å²) in [6.07, 6.45) is 0.767. The Balaban J connectivity index is 2.53. The maximum absolute atomic E-state index is 9.62. The average Bonchev–Trinajstić information content (AvgIpc) is 2.49. The van der Waals surface area contributed by atoms with Crippen molar-refractivity contribution >= 4 is 24.9 Å². The molecule has 2 rings (SSSR count). The van der Waals surface area contributed by atoms with Crippen LogP contribution in [0.15, 0.2) is 54.6 Å². The number of rotatable bonds is 5.